The molecule has 22 heavy (non-hydrogen) atoms. The number of hydrogen-bond acceptors (Lipinski definition) is 2. The van der Waals surface area contributed by atoms with Crippen molar-refractivity contribution in [2.45, 2.75) is 33.7 Å². The smallest absolute Gasteiger partial charge is 0.0947 e. The van der Waals surface area contributed by atoms with E-state index in [1.165, 1.54) is 27.9 Å². The summed E-state index contributed by atoms with van der Waals surface area (Å²) in [5.74, 6) is 0. The number of anilines is 1. The molecule has 0 bridgehead atoms. The van der Waals surface area contributed by atoms with Crippen LogP contribution in [0.5, 0.6) is 0 Å². The predicted molar refractivity (Wildman–Crippen MR) is 93.8 cm³/mol. The van der Waals surface area contributed by atoms with E-state index in [2.05, 4.69) is 92.4 Å². The highest BCUT2D eigenvalue weighted by Gasteiger charge is 2.21. The second-order valence-electron chi connectivity index (χ2n) is 6.26. The third kappa shape index (κ3) is 2.74. The first-order valence-corrected chi connectivity index (χ1v) is 7.90. The minimum absolute atomic E-state index is 0.383. The molecule has 0 saturated carbocycles. The molecular formula is C20H24N2. The Bertz CT molecular complexity index is 665. The molecule has 2 aromatic carbocycles. The van der Waals surface area contributed by atoms with Crippen LogP contribution in [0.4, 0.5) is 5.69 Å². The second-order valence-corrected chi connectivity index (χ2v) is 6.26. The van der Waals surface area contributed by atoms with Gasteiger partial charge in [-0.2, -0.15) is 0 Å². The predicted octanol–water partition coefficient (Wildman–Crippen LogP) is 4.92. The Kier molecular flexibility index (Phi) is 3.93. The van der Waals surface area contributed by atoms with E-state index >= 15 is 0 Å². The van der Waals surface area contributed by atoms with Crippen molar-refractivity contribution in [3.63, 3.8) is 0 Å². The van der Waals surface area contributed by atoms with Gasteiger partial charge in [-0.15, -0.1) is 0 Å². The first-order valence-electron chi connectivity index (χ1n) is 7.90. The van der Waals surface area contributed by atoms with Crippen molar-refractivity contribution < 1.29 is 0 Å². The summed E-state index contributed by atoms with van der Waals surface area (Å²) < 4.78 is 0. The fourth-order valence-corrected chi connectivity index (χ4v) is 3.38. The quantitative estimate of drug-likeness (QED) is 0.792. The maximum atomic E-state index is 2.38. The molecule has 1 atom stereocenters. The van der Waals surface area contributed by atoms with Gasteiger partial charge in [0.05, 0.1) is 12.7 Å². The van der Waals surface area contributed by atoms with Crippen molar-refractivity contribution in [3.8, 4) is 0 Å². The minimum Gasteiger partial charge on any atom is -0.352 e. The molecule has 0 radical (unpaired) electrons. The molecule has 1 aliphatic heterocycles. The molecule has 0 aromatic heterocycles. The van der Waals surface area contributed by atoms with Crippen molar-refractivity contribution in [1.29, 1.82) is 0 Å². The van der Waals surface area contributed by atoms with E-state index < -0.39 is 0 Å². The molecule has 0 N–H and O–H groups in total. The summed E-state index contributed by atoms with van der Waals surface area (Å²) in [5.41, 5.74) is 6.71. The van der Waals surface area contributed by atoms with Crippen LogP contribution in [0.2, 0.25) is 0 Å². The topological polar surface area (TPSA) is 6.48 Å². The molecule has 2 heteroatoms. The third-order valence-corrected chi connectivity index (χ3v) is 4.46. The average molecular weight is 292 g/mol. The van der Waals surface area contributed by atoms with Crippen molar-refractivity contribution in [2.75, 3.05) is 11.6 Å². The first-order chi connectivity index (χ1) is 10.6. The van der Waals surface area contributed by atoms with Gasteiger partial charge in [0.25, 0.3) is 0 Å². The van der Waals surface area contributed by atoms with E-state index in [1.807, 2.05) is 0 Å². The zero-order chi connectivity index (χ0) is 15.7. The monoisotopic (exact) mass is 292 g/mol. The van der Waals surface area contributed by atoms with Gasteiger partial charge in [0, 0.05) is 18.1 Å². The highest BCUT2D eigenvalue weighted by molar-refractivity contribution is 5.62. The van der Waals surface area contributed by atoms with E-state index in [4.69, 9.17) is 0 Å². The van der Waals surface area contributed by atoms with Crippen LogP contribution < -0.4 is 4.90 Å². The SMILES string of the molecule is Cc1cc(C)c(N2C=CN(C(C)c3ccccc3)C2)c(C)c1. The first kappa shape index (κ1) is 14.7. The Balaban J connectivity index is 1.80. The van der Waals surface area contributed by atoms with Crippen LogP contribution in [0.15, 0.2) is 54.9 Å². The molecule has 0 spiro atoms. The van der Waals surface area contributed by atoms with Crippen molar-refractivity contribution in [1.82, 2.24) is 4.90 Å². The van der Waals surface area contributed by atoms with E-state index in [9.17, 15) is 0 Å². The number of nitrogens with zero attached hydrogens (tertiary/aromatic N) is 2. The van der Waals surface area contributed by atoms with Gasteiger partial charge in [0.1, 0.15) is 0 Å². The average Bonchev–Trinajstić information content (AvgIpc) is 2.96. The summed E-state index contributed by atoms with van der Waals surface area (Å²) in [6, 6.07) is 15.6. The minimum atomic E-state index is 0.383. The Morgan fingerprint density at radius 1 is 0.909 bits per heavy atom. The van der Waals surface area contributed by atoms with Crippen LogP contribution >= 0.6 is 0 Å². The number of benzene rings is 2. The molecule has 0 amide bonds. The van der Waals surface area contributed by atoms with Crippen molar-refractivity contribution in [3.05, 3.63) is 77.1 Å². The van der Waals surface area contributed by atoms with E-state index in [0.29, 0.717) is 6.04 Å². The molecule has 1 aliphatic rings. The normalized spacial score (nSPS) is 15.5. The Labute approximate surface area is 133 Å². The van der Waals surface area contributed by atoms with E-state index in [1.54, 1.807) is 0 Å². The lowest BCUT2D eigenvalue weighted by Gasteiger charge is -2.29. The van der Waals surface area contributed by atoms with Gasteiger partial charge in [-0.05, 0) is 44.4 Å². The lowest BCUT2D eigenvalue weighted by Crippen LogP contribution is -2.28. The largest absolute Gasteiger partial charge is 0.352 e. The fraction of sp³-hybridized carbons (Fsp3) is 0.300. The summed E-state index contributed by atoms with van der Waals surface area (Å²) in [6.45, 7) is 9.73. The second kappa shape index (κ2) is 5.88. The van der Waals surface area contributed by atoms with Gasteiger partial charge < -0.3 is 9.80 Å². The molecule has 0 saturated heterocycles. The summed E-state index contributed by atoms with van der Waals surface area (Å²) in [4.78, 5) is 4.73. The zero-order valence-corrected chi connectivity index (χ0v) is 13.9. The van der Waals surface area contributed by atoms with Gasteiger partial charge in [-0.3, -0.25) is 0 Å². The molecule has 1 unspecified atom stereocenters. The van der Waals surface area contributed by atoms with Gasteiger partial charge in [-0.25, -0.2) is 0 Å². The van der Waals surface area contributed by atoms with Gasteiger partial charge in [0.2, 0.25) is 0 Å². The summed E-state index contributed by atoms with van der Waals surface area (Å²) in [6.07, 6.45) is 4.40. The van der Waals surface area contributed by atoms with Gasteiger partial charge >= 0.3 is 0 Å². The molecule has 2 nitrogen and oxygen atoms in total. The van der Waals surface area contributed by atoms with Crippen LogP contribution in [-0.2, 0) is 0 Å². The fourth-order valence-electron chi connectivity index (χ4n) is 3.38. The number of aryl methyl sites for hydroxylation is 3. The molecule has 114 valence electrons. The maximum absolute atomic E-state index is 2.38. The van der Waals surface area contributed by atoms with E-state index in [0.717, 1.165) is 6.67 Å². The Hall–Kier alpha value is -2.22. The molecule has 0 aliphatic carbocycles. The van der Waals surface area contributed by atoms with Crippen LogP contribution in [0, 0.1) is 20.8 Å². The molecule has 0 fully saturated rings. The Morgan fingerprint density at radius 3 is 2.18 bits per heavy atom. The van der Waals surface area contributed by atoms with Crippen LogP contribution in [-0.4, -0.2) is 11.6 Å². The highest BCUT2D eigenvalue weighted by atomic mass is 15.4. The summed E-state index contributed by atoms with van der Waals surface area (Å²) in [5, 5.41) is 0. The van der Waals surface area contributed by atoms with Crippen LogP contribution in [0.25, 0.3) is 0 Å². The number of hydrogen-bond donors (Lipinski definition) is 0. The van der Waals surface area contributed by atoms with Crippen LogP contribution in [0.3, 0.4) is 0 Å². The Morgan fingerprint density at radius 2 is 1.55 bits per heavy atom. The lowest BCUT2D eigenvalue weighted by atomic mass is 10.0. The van der Waals surface area contributed by atoms with Gasteiger partial charge in [0.15, 0.2) is 0 Å². The highest BCUT2D eigenvalue weighted by Crippen LogP contribution is 2.31. The molecular weight excluding hydrogens is 268 g/mol. The summed E-state index contributed by atoms with van der Waals surface area (Å²) >= 11 is 0. The van der Waals surface area contributed by atoms with Crippen molar-refractivity contribution in [2.24, 2.45) is 0 Å². The number of rotatable bonds is 3. The van der Waals surface area contributed by atoms with Gasteiger partial charge in [-0.1, -0.05) is 48.0 Å². The van der Waals surface area contributed by atoms with Crippen LogP contribution in [0.1, 0.15) is 35.2 Å². The van der Waals surface area contributed by atoms with Crippen molar-refractivity contribution >= 4 is 5.69 Å². The summed E-state index contributed by atoms with van der Waals surface area (Å²) in [7, 11) is 0. The van der Waals surface area contributed by atoms with E-state index in [-0.39, 0.29) is 0 Å². The molecule has 3 rings (SSSR count). The third-order valence-electron chi connectivity index (χ3n) is 4.46. The lowest BCUT2D eigenvalue weighted by molar-refractivity contribution is 0.322. The molecule has 1 heterocycles. The maximum Gasteiger partial charge on any atom is 0.0947 e. The standard InChI is InChI=1S/C20H24N2/c1-15-12-16(2)20(17(3)13-15)22-11-10-21(14-22)18(4)19-8-6-5-7-9-19/h5-13,18H,14H2,1-4H3. The zero-order valence-electron chi connectivity index (χ0n) is 13.9. The molecule has 2 aromatic rings.